The minimum Gasteiger partial charge on any atom is -0.448 e. The van der Waals surface area contributed by atoms with Crippen molar-refractivity contribution in [2.45, 2.75) is 30.0 Å². The molecule has 39 heavy (non-hydrogen) atoms. The fourth-order valence-corrected chi connectivity index (χ4v) is 6.62. The van der Waals surface area contributed by atoms with Crippen LogP contribution in [0.5, 0.6) is 0 Å². The van der Waals surface area contributed by atoms with Crippen molar-refractivity contribution in [2.75, 3.05) is 25.4 Å². The van der Waals surface area contributed by atoms with Gasteiger partial charge in [0.15, 0.2) is 6.10 Å². The Morgan fingerprint density at radius 1 is 1.10 bits per heavy atom. The summed E-state index contributed by atoms with van der Waals surface area (Å²) >= 11 is 0. The number of rotatable bonds is 8. The normalized spacial score (nSPS) is 24.2. The molecule has 0 spiro atoms. The molecule has 3 aliphatic rings. The van der Waals surface area contributed by atoms with Crippen LogP contribution in [0.2, 0.25) is 0 Å². The quantitative estimate of drug-likeness (QED) is 0.278. The third-order valence-electron chi connectivity index (χ3n) is 6.87. The van der Waals surface area contributed by atoms with Crippen molar-refractivity contribution in [3.05, 3.63) is 83.1 Å². The number of nitrogens with one attached hydrogen (secondary N) is 1. The van der Waals surface area contributed by atoms with Crippen molar-refractivity contribution in [3.63, 3.8) is 0 Å². The van der Waals surface area contributed by atoms with Gasteiger partial charge in [-0.2, -0.15) is 0 Å². The summed E-state index contributed by atoms with van der Waals surface area (Å²) < 4.78 is 24.4. The van der Waals surface area contributed by atoms with E-state index in [1.807, 2.05) is 60.7 Å². The van der Waals surface area contributed by atoms with E-state index in [0.29, 0.717) is 30.5 Å². The number of aliphatic hydroxyl groups excluding tert-OH is 1. The third-order valence-corrected chi connectivity index (χ3v) is 8.52. The highest BCUT2D eigenvalue weighted by molar-refractivity contribution is 7.86. The Hall–Kier alpha value is -4.03. The van der Waals surface area contributed by atoms with Crippen LogP contribution in [0.15, 0.2) is 71.9 Å². The van der Waals surface area contributed by atoms with Gasteiger partial charge in [0, 0.05) is 18.7 Å². The first-order chi connectivity index (χ1) is 18.9. The van der Waals surface area contributed by atoms with E-state index in [4.69, 9.17) is 9.47 Å². The molecule has 0 saturated carbocycles. The van der Waals surface area contributed by atoms with Crippen molar-refractivity contribution >= 4 is 35.2 Å². The summed E-state index contributed by atoms with van der Waals surface area (Å²) in [7, 11) is -1.68. The predicted molar refractivity (Wildman–Crippen MR) is 138 cm³/mol. The summed E-state index contributed by atoms with van der Waals surface area (Å²) in [6.45, 7) is 0.0485. The fourth-order valence-electron chi connectivity index (χ4n) is 4.94. The number of carbonyl (C=O) groups excluding carboxylic acids is 4. The monoisotopic (exact) mass is 553 g/mol. The molecule has 12 heteroatoms. The topological polar surface area (TPSA) is 143 Å². The Bertz CT molecular complexity index is 1280. The van der Waals surface area contributed by atoms with Crippen LogP contribution in [0, 0.1) is 0 Å². The summed E-state index contributed by atoms with van der Waals surface area (Å²) in [5.74, 6) is -1.63. The molecule has 3 heterocycles. The SMILES string of the molecule is O=CNC1C(=O)N2C(C(=O)OC(c3ccccc3)c3ccccc3)=C(COC(=O)N3CCC(O)C3)CS(=O)[C@H]12. The van der Waals surface area contributed by atoms with E-state index in [0.717, 1.165) is 4.90 Å². The number of likely N-dealkylation sites (tertiary alicyclic amines) is 1. The van der Waals surface area contributed by atoms with Crippen LogP contribution in [0.3, 0.4) is 0 Å². The van der Waals surface area contributed by atoms with Gasteiger partial charge in [0.05, 0.1) is 22.7 Å². The first-order valence-electron chi connectivity index (χ1n) is 12.4. The number of β-lactam (4-membered cyclic amide) rings is 1. The third kappa shape index (κ3) is 5.30. The van der Waals surface area contributed by atoms with Crippen LogP contribution < -0.4 is 5.32 Å². The van der Waals surface area contributed by atoms with Crippen LogP contribution in [-0.4, -0.2) is 86.5 Å². The van der Waals surface area contributed by atoms with Gasteiger partial charge < -0.3 is 24.8 Å². The van der Waals surface area contributed by atoms with Crippen molar-refractivity contribution in [1.82, 2.24) is 15.1 Å². The highest BCUT2D eigenvalue weighted by atomic mass is 32.2. The Labute approximate surface area is 226 Å². The van der Waals surface area contributed by atoms with Crippen LogP contribution in [0.1, 0.15) is 23.7 Å². The van der Waals surface area contributed by atoms with Crippen molar-refractivity contribution in [2.24, 2.45) is 0 Å². The number of fused-ring (bicyclic) bond motifs is 1. The maximum atomic E-state index is 13.8. The number of β-amino-alcohol motifs (C(OH)–C–C–N with tert-alkyl or cyclic N) is 1. The van der Waals surface area contributed by atoms with Gasteiger partial charge in [0.1, 0.15) is 23.7 Å². The van der Waals surface area contributed by atoms with Crippen molar-refractivity contribution in [1.29, 1.82) is 0 Å². The molecule has 4 atom stereocenters. The Balaban J connectivity index is 1.46. The lowest BCUT2D eigenvalue weighted by atomic mass is 10.0. The Kier molecular flexibility index (Phi) is 7.75. The average Bonchev–Trinajstić information content (AvgIpc) is 3.40. The largest absolute Gasteiger partial charge is 0.448 e. The molecule has 0 radical (unpaired) electrons. The second kappa shape index (κ2) is 11.4. The summed E-state index contributed by atoms with van der Waals surface area (Å²) in [4.78, 5) is 52.7. The van der Waals surface area contributed by atoms with Gasteiger partial charge in [-0.05, 0) is 17.5 Å². The van der Waals surface area contributed by atoms with Gasteiger partial charge in [0.2, 0.25) is 6.41 Å². The summed E-state index contributed by atoms with van der Waals surface area (Å²) in [5, 5.41) is 11.1. The number of carbonyl (C=O) groups is 4. The molecule has 3 unspecified atom stereocenters. The van der Waals surface area contributed by atoms with E-state index < -0.39 is 59.0 Å². The summed E-state index contributed by atoms with van der Waals surface area (Å²) in [6.07, 6.45) is -1.37. The minimum absolute atomic E-state index is 0.125. The van der Waals surface area contributed by atoms with Crippen LogP contribution in [-0.2, 0) is 34.7 Å². The molecule has 204 valence electrons. The predicted octanol–water partition coefficient (Wildman–Crippen LogP) is 0.822. The number of hydrogen-bond acceptors (Lipinski definition) is 8. The van der Waals surface area contributed by atoms with Crippen LogP contribution in [0.4, 0.5) is 4.79 Å². The molecule has 3 amide bonds. The molecular weight excluding hydrogens is 526 g/mol. The molecular formula is C27H27N3O8S. The highest BCUT2D eigenvalue weighted by Gasteiger charge is 2.57. The molecule has 0 bridgehead atoms. The maximum Gasteiger partial charge on any atom is 0.410 e. The molecule has 2 aromatic carbocycles. The van der Waals surface area contributed by atoms with Gasteiger partial charge in [-0.1, -0.05) is 60.7 Å². The lowest BCUT2D eigenvalue weighted by molar-refractivity contribution is -0.154. The minimum atomic E-state index is -1.68. The van der Waals surface area contributed by atoms with E-state index in [1.165, 1.54) is 4.90 Å². The number of ether oxygens (including phenoxy) is 2. The number of benzene rings is 2. The molecule has 11 nitrogen and oxygen atoms in total. The molecule has 2 fully saturated rings. The fraction of sp³-hybridized carbons (Fsp3) is 0.333. The molecule has 2 N–H and O–H groups in total. The number of esters is 1. The van der Waals surface area contributed by atoms with Crippen molar-refractivity contribution in [3.8, 4) is 0 Å². The Morgan fingerprint density at radius 3 is 2.31 bits per heavy atom. The average molecular weight is 554 g/mol. The summed E-state index contributed by atoms with van der Waals surface area (Å²) in [5.41, 5.74) is 1.41. The number of amides is 3. The zero-order valence-corrected chi connectivity index (χ0v) is 21.6. The van der Waals surface area contributed by atoms with Gasteiger partial charge in [-0.15, -0.1) is 0 Å². The number of nitrogens with zero attached hydrogens (tertiary/aromatic N) is 2. The standard InChI is InChI=1S/C27H27N3O8S/c31-16-28-21-24(33)30-22(19(15-39(36)25(21)30)14-37-27(35)29-12-11-20(32)13-29)26(34)38-23(17-7-3-1-4-8-17)18-9-5-2-6-10-18/h1-10,16,20-21,23,25,32H,11-15H2,(H,28,31)/t20?,21?,25-,39?/m1/s1. The molecule has 2 aromatic rings. The highest BCUT2D eigenvalue weighted by Crippen LogP contribution is 2.37. The zero-order valence-electron chi connectivity index (χ0n) is 20.8. The van der Waals surface area contributed by atoms with Crippen molar-refractivity contribution < 1.29 is 38.0 Å². The number of hydrogen-bond donors (Lipinski definition) is 2. The molecule has 0 aliphatic carbocycles. The van der Waals surface area contributed by atoms with E-state index in [1.54, 1.807) is 0 Å². The van der Waals surface area contributed by atoms with E-state index >= 15 is 0 Å². The van der Waals surface area contributed by atoms with E-state index in [2.05, 4.69) is 5.32 Å². The Morgan fingerprint density at radius 2 is 1.74 bits per heavy atom. The van der Waals surface area contributed by atoms with Gasteiger partial charge in [-0.3, -0.25) is 18.7 Å². The van der Waals surface area contributed by atoms with Crippen LogP contribution >= 0.6 is 0 Å². The second-order valence-corrected chi connectivity index (χ2v) is 10.9. The number of aliphatic hydroxyl groups is 1. The smallest absolute Gasteiger partial charge is 0.410 e. The molecule has 5 rings (SSSR count). The van der Waals surface area contributed by atoms with Gasteiger partial charge in [-0.25, -0.2) is 9.59 Å². The van der Waals surface area contributed by atoms with E-state index in [-0.39, 0.29) is 23.6 Å². The zero-order chi connectivity index (χ0) is 27.5. The molecule has 2 saturated heterocycles. The van der Waals surface area contributed by atoms with Crippen LogP contribution in [0.25, 0.3) is 0 Å². The summed E-state index contributed by atoms with van der Waals surface area (Å²) in [6, 6.07) is 17.1. The lowest BCUT2D eigenvalue weighted by Crippen LogP contribution is -2.73. The first-order valence-corrected chi connectivity index (χ1v) is 13.8. The van der Waals surface area contributed by atoms with Gasteiger partial charge >= 0.3 is 12.1 Å². The lowest BCUT2D eigenvalue weighted by Gasteiger charge is -2.49. The maximum absolute atomic E-state index is 13.8. The van der Waals surface area contributed by atoms with Gasteiger partial charge in [0.25, 0.3) is 5.91 Å². The van der Waals surface area contributed by atoms with E-state index in [9.17, 15) is 28.5 Å². The molecule has 0 aromatic heterocycles. The molecule has 3 aliphatic heterocycles. The second-order valence-electron chi connectivity index (χ2n) is 9.39. The first kappa shape index (κ1) is 26.6.